The molecule has 0 atom stereocenters. The SMILES string of the molecule is CC[Si](CC)(CC)OC1(c2ccc(Cl)cc2)C=CC(O[Si](CC)(CC)CC)(c2ccc(C3(C)C=CC(C)(c4ccc(Cl)cc4)C=C3)cc2)C=C1. The number of benzene rings is 3. The summed E-state index contributed by atoms with van der Waals surface area (Å²) < 4.78 is 14.9. The third kappa shape index (κ3) is 7.53. The fraction of sp³-hybridized carbons (Fsp3) is 0.409. The maximum Gasteiger partial charge on any atom is 0.194 e. The minimum absolute atomic E-state index is 0.180. The number of hydrogen-bond acceptors (Lipinski definition) is 2. The van der Waals surface area contributed by atoms with E-state index < -0.39 is 27.8 Å². The monoisotopic (exact) mass is 742 g/mol. The minimum atomic E-state index is -2.06. The van der Waals surface area contributed by atoms with Crippen molar-refractivity contribution in [2.24, 2.45) is 0 Å². The molecule has 3 aromatic carbocycles. The van der Waals surface area contributed by atoms with Gasteiger partial charge in [-0.25, -0.2) is 0 Å². The lowest BCUT2D eigenvalue weighted by Crippen LogP contribution is -2.48. The first-order valence-corrected chi connectivity index (χ1v) is 24.5. The molecule has 2 nitrogen and oxygen atoms in total. The lowest BCUT2D eigenvalue weighted by atomic mass is 9.70. The Hall–Kier alpha value is -2.45. The molecule has 0 N–H and O–H groups in total. The molecule has 0 aromatic heterocycles. The van der Waals surface area contributed by atoms with Crippen molar-refractivity contribution in [2.75, 3.05) is 0 Å². The van der Waals surface area contributed by atoms with Crippen LogP contribution >= 0.6 is 23.2 Å². The second kappa shape index (κ2) is 15.3. The maximum absolute atomic E-state index is 7.52. The zero-order valence-electron chi connectivity index (χ0n) is 31.4. The summed E-state index contributed by atoms with van der Waals surface area (Å²) in [5, 5.41) is 1.49. The van der Waals surface area contributed by atoms with Crippen molar-refractivity contribution in [2.45, 2.75) is 114 Å². The van der Waals surface area contributed by atoms with E-state index >= 15 is 0 Å². The largest absolute Gasteiger partial charge is 0.401 e. The Bertz CT molecular complexity index is 1670. The van der Waals surface area contributed by atoms with Crippen molar-refractivity contribution >= 4 is 39.8 Å². The molecule has 5 rings (SSSR count). The fourth-order valence-electron chi connectivity index (χ4n) is 7.69. The Morgan fingerprint density at radius 2 is 0.640 bits per heavy atom. The number of rotatable bonds is 14. The standard InChI is InChI=1S/C44H56Cl2O2Si2/c1-9-49(10-2,11-3)47-43(31-33-44(34-32-43,38-21-25-40(46)26-22-38)48-50(12-4,13-5)14-6)37-17-15-35(16-18-37)41(7)27-29-42(8,30-28-41)36-19-23-39(45)24-20-36/h15-34H,9-14H2,1-8H3. The van der Waals surface area contributed by atoms with Crippen LogP contribution in [0.25, 0.3) is 0 Å². The van der Waals surface area contributed by atoms with Gasteiger partial charge in [-0.15, -0.1) is 0 Å². The van der Waals surface area contributed by atoms with Crippen LogP contribution in [0.5, 0.6) is 0 Å². The van der Waals surface area contributed by atoms with Gasteiger partial charge in [0.05, 0.1) is 0 Å². The van der Waals surface area contributed by atoms with Gasteiger partial charge in [0.15, 0.2) is 16.6 Å². The second-order valence-electron chi connectivity index (χ2n) is 14.8. The van der Waals surface area contributed by atoms with E-state index in [1.165, 1.54) is 11.1 Å². The average molecular weight is 744 g/mol. The van der Waals surface area contributed by atoms with E-state index in [0.29, 0.717) is 0 Å². The van der Waals surface area contributed by atoms with Crippen LogP contribution < -0.4 is 0 Å². The molecule has 0 amide bonds. The zero-order valence-corrected chi connectivity index (χ0v) is 34.9. The first-order valence-electron chi connectivity index (χ1n) is 18.7. The van der Waals surface area contributed by atoms with Crippen molar-refractivity contribution < 1.29 is 8.85 Å². The number of allylic oxidation sites excluding steroid dienone is 4. The van der Waals surface area contributed by atoms with E-state index in [9.17, 15) is 0 Å². The van der Waals surface area contributed by atoms with E-state index in [2.05, 4.69) is 153 Å². The quantitative estimate of drug-likeness (QED) is 0.121. The zero-order chi connectivity index (χ0) is 36.3. The summed E-state index contributed by atoms with van der Waals surface area (Å²) in [6, 6.07) is 31.9. The van der Waals surface area contributed by atoms with Gasteiger partial charge in [0.25, 0.3) is 0 Å². The molecule has 0 saturated heterocycles. The molecule has 2 aliphatic carbocycles. The van der Waals surface area contributed by atoms with Crippen molar-refractivity contribution in [3.63, 3.8) is 0 Å². The van der Waals surface area contributed by atoms with Crippen LogP contribution in [0.2, 0.25) is 46.3 Å². The summed E-state index contributed by atoms with van der Waals surface area (Å²) in [7, 11) is -4.08. The molecule has 50 heavy (non-hydrogen) atoms. The van der Waals surface area contributed by atoms with Gasteiger partial charge in [0, 0.05) is 20.9 Å². The van der Waals surface area contributed by atoms with E-state index in [-0.39, 0.29) is 10.8 Å². The Morgan fingerprint density at radius 3 is 0.920 bits per heavy atom. The molecular weight excluding hydrogens is 688 g/mol. The van der Waals surface area contributed by atoms with E-state index in [4.69, 9.17) is 32.1 Å². The van der Waals surface area contributed by atoms with Crippen LogP contribution in [0.3, 0.4) is 0 Å². The molecule has 6 heteroatoms. The molecule has 3 aromatic rings. The van der Waals surface area contributed by atoms with Gasteiger partial charge in [-0.05, 0) is 121 Å². The first-order chi connectivity index (χ1) is 23.8. The highest BCUT2D eigenvalue weighted by Gasteiger charge is 2.46. The fourth-order valence-corrected chi connectivity index (χ4v) is 13.8. The van der Waals surface area contributed by atoms with Gasteiger partial charge in [-0.3, -0.25) is 0 Å². The molecule has 0 radical (unpaired) electrons. The molecule has 0 bridgehead atoms. The Labute approximate surface area is 314 Å². The third-order valence-corrected chi connectivity index (χ3v) is 21.8. The van der Waals surface area contributed by atoms with E-state index in [0.717, 1.165) is 57.4 Å². The molecule has 0 aliphatic heterocycles. The van der Waals surface area contributed by atoms with Crippen LogP contribution in [-0.2, 0) is 30.9 Å². The predicted octanol–water partition coefficient (Wildman–Crippen LogP) is 13.6. The van der Waals surface area contributed by atoms with Gasteiger partial charge in [0.1, 0.15) is 11.2 Å². The maximum atomic E-state index is 7.52. The third-order valence-electron chi connectivity index (χ3n) is 12.1. The summed E-state index contributed by atoms with van der Waals surface area (Å²) in [6.45, 7) is 18.3. The average Bonchev–Trinajstić information content (AvgIpc) is 3.16. The van der Waals surface area contributed by atoms with Crippen LogP contribution in [0.1, 0.15) is 77.6 Å². The summed E-state index contributed by atoms with van der Waals surface area (Å²) in [5.74, 6) is 0. The van der Waals surface area contributed by atoms with Gasteiger partial charge in [-0.1, -0.05) is 138 Å². The Morgan fingerprint density at radius 1 is 0.400 bits per heavy atom. The van der Waals surface area contributed by atoms with Gasteiger partial charge < -0.3 is 8.85 Å². The highest BCUT2D eigenvalue weighted by molar-refractivity contribution is 6.74. The van der Waals surface area contributed by atoms with Crippen molar-refractivity contribution in [1.82, 2.24) is 0 Å². The molecule has 2 aliphatic rings. The smallest absolute Gasteiger partial charge is 0.194 e. The normalized spacial score (nSPS) is 26.4. The highest BCUT2D eigenvalue weighted by Crippen LogP contribution is 2.47. The van der Waals surface area contributed by atoms with Crippen LogP contribution in [0.4, 0.5) is 0 Å². The number of halogens is 2. The summed E-state index contributed by atoms with van der Waals surface area (Å²) in [6.07, 6.45) is 18.5. The molecule has 0 saturated carbocycles. The van der Waals surface area contributed by atoms with Gasteiger partial charge in [0.2, 0.25) is 0 Å². The molecular formula is C44H56Cl2O2Si2. The van der Waals surface area contributed by atoms with Gasteiger partial charge >= 0.3 is 0 Å². The molecule has 0 spiro atoms. The first kappa shape index (κ1) is 38.8. The molecule has 0 fully saturated rings. The molecule has 0 unspecified atom stereocenters. The Kier molecular flexibility index (Phi) is 11.8. The van der Waals surface area contributed by atoms with E-state index in [1.54, 1.807) is 0 Å². The summed E-state index contributed by atoms with van der Waals surface area (Å²) in [4.78, 5) is 0. The van der Waals surface area contributed by atoms with E-state index in [1.807, 2.05) is 24.3 Å². The van der Waals surface area contributed by atoms with Crippen molar-refractivity contribution in [1.29, 1.82) is 0 Å². The van der Waals surface area contributed by atoms with Crippen molar-refractivity contribution in [3.05, 3.63) is 154 Å². The highest BCUT2D eigenvalue weighted by atomic mass is 35.5. The van der Waals surface area contributed by atoms with Crippen LogP contribution in [0, 0.1) is 0 Å². The van der Waals surface area contributed by atoms with Crippen LogP contribution in [0.15, 0.2) is 121 Å². The molecule has 0 heterocycles. The second-order valence-corrected chi connectivity index (χ2v) is 25.0. The predicted molar refractivity (Wildman–Crippen MR) is 221 cm³/mol. The lowest BCUT2D eigenvalue weighted by molar-refractivity contribution is 0.121. The summed E-state index contributed by atoms with van der Waals surface area (Å²) in [5.41, 5.74) is 2.96. The number of hydrogen-bond donors (Lipinski definition) is 0. The summed E-state index contributed by atoms with van der Waals surface area (Å²) >= 11 is 12.6. The minimum Gasteiger partial charge on any atom is -0.401 e. The molecule has 266 valence electrons. The Balaban J connectivity index is 1.55. The van der Waals surface area contributed by atoms with Gasteiger partial charge in [-0.2, -0.15) is 0 Å². The lowest BCUT2D eigenvalue weighted by Gasteiger charge is -2.46. The topological polar surface area (TPSA) is 18.5 Å². The van der Waals surface area contributed by atoms with Crippen LogP contribution in [-0.4, -0.2) is 16.6 Å². The van der Waals surface area contributed by atoms with Crippen molar-refractivity contribution in [3.8, 4) is 0 Å².